The van der Waals surface area contributed by atoms with Crippen LogP contribution >= 0.6 is 0 Å². The zero-order chi connectivity index (χ0) is 18.0. The highest BCUT2D eigenvalue weighted by atomic mass is 28.4. The van der Waals surface area contributed by atoms with Gasteiger partial charge in [-0.1, -0.05) is 99.5 Å². The monoisotopic (exact) mass is 354 g/mol. The molecule has 0 heterocycles. The molecule has 24 heavy (non-hydrogen) atoms. The molecular weight excluding hydrogens is 320 g/mol. The SMILES string of the molecule is C/C(=C1/C=CC=CC1)C(c1ccccc1)C([Si](C)(C)C)[Si](C)(C)C. The summed E-state index contributed by atoms with van der Waals surface area (Å²) in [7, 11) is -2.62. The molecule has 0 saturated heterocycles. The molecule has 0 saturated carbocycles. The van der Waals surface area contributed by atoms with E-state index in [0.717, 1.165) is 11.6 Å². The lowest BCUT2D eigenvalue weighted by Crippen LogP contribution is -2.47. The number of allylic oxidation sites excluding steroid dienone is 6. The average molecular weight is 355 g/mol. The maximum absolute atomic E-state index is 2.57. The van der Waals surface area contributed by atoms with E-state index < -0.39 is 16.1 Å². The second kappa shape index (κ2) is 7.41. The second-order valence-electron chi connectivity index (χ2n) is 9.30. The van der Waals surface area contributed by atoms with Crippen LogP contribution in [0.5, 0.6) is 0 Å². The van der Waals surface area contributed by atoms with Crippen LogP contribution in [0.1, 0.15) is 24.8 Å². The summed E-state index contributed by atoms with van der Waals surface area (Å²) in [4.78, 5) is 0. The molecule has 1 atom stereocenters. The van der Waals surface area contributed by atoms with Gasteiger partial charge in [-0.3, -0.25) is 0 Å². The fraction of sp³-hybridized carbons (Fsp3) is 0.455. The Bertz CT molecular complexity index is 623. The summed E-state index contributed by atoms with van der Waals surface area (Å²) in [6, 6.07) is 11.3. The van der Waals surface area contributed by atoms with Crippen molar-refractivity contribution in [1.82, 2.24) is 0 Å². The average Bonchev–Trinajstić information content (AvgIpc) is 2.51. The van der Waals surface area contributed by atoms with E-state index in [0.29, 0.717) is 5.92 Å². The van der Waals surface area contributed by atoms with Crippen molar-refractivity contribution in [3.05, 3.63) is 71.3 Å². The van der Waals surface area contributed by atoms with Crippen molar-refractivity contribution < 1.29 is 0 Å². The Morgan fingerprint density at radius 2 is 1.46 bits per heavy atom. The first-order chi connectivity index (χ1) is 11.1. The highest BCUT2D eigenvalue weighted by molar-refractivity contribution is 6.96. The van der Waals surface area contributed by atoms with Crippen molar-refractivity contribution in [2.45, 2.75) is 63.7 Å². The molecule has 0 radical (unpaired) electrons. The summed E-state index contributed by atoms with van der Waals surface area (Å²) in [6.07, 6.45) is 10.1. The summed E-state index contributed by atoms with van der Waals surface area (Å²) >= 11 is 0. The van der Waals surface area contributed by atoms with E-state index in [4.69, 9.17) is 0 Å². The normalized spacial score (nSPS) is 18.8. The van der Waals surface area contributed by atoms with Gasteiger partial charge >= 0.3 is 0 Å². The van der Waals surface area contributed by atoms with Gasteiger partial charge in [0.15, 0.2) is 0 Å². The van der Waals surface area contributed by atoms with Gasteiger partial charge in [0.1, 0.15) is 0 Å². The van der Waals surface area contributed by atoms with E-state index in [1.165, 1.54) is 11.1 Å². The van der Waals surface area contributed by atoms with Gasteiger partial charge in [-0.25, -0.2) is 0 Å². The third-order valence-electron chi connectivity index (χ3n) is 5.21. The minimum Gasteiger partial charge on any atom is -0.0801 e. The Hall–Kier alpha value is -1.13. The first-order valence-corrected chi connectivity index (χ1v) is 16.4. The molecule has 1 aliphatic rings. The number of benzene rings is 1. The van der Waals surface area contributed by atoms with Gasteiger partial charge in [0.05, 0.1) is 0 Å². The molecule has 0 spiro atoms. The molecule has 1 aliphatic carbocycles. The van der Waals surface area contributed by atoms with Crippen LogP contribution < -0.4 is 0 Å². The van der Waals surface area contributed by atoms with Crippen molar-refractivity contribution in [3.8, 4) is 0 Å². The molecule has 0 aromatic heterocycles. The van der Waals surface area contributed by atoms with Crippen molar-refractivity contribution in [2.75, 3.05) is 0 Å². The fourth-order valence-electron chi connectivity index (χ4n) is 4.66. The van der Waals surface area contributed by atoms with Crippen LogP contribution in [0.3, 0.4) is 0 Å². The van der Waals surface area contributed by atoms with Crippen LogP contribution in [0.15, 0.2) is 65.8 Å². The molecule has 0 amide bonds. The lowest BCUT2D eigenvalue weighted by atomic mass is 9.88. The molecule has 2 heteroatoms. The van der Waals surface area contributed by atoms with Crippen molar-refractivity contribution in [2.24, 2.45) is 0 Å². The van der Waals surface area contributed by atoms with Gasteiger partial charge in [0.2, 0.25) is 0 Å². The molecule has 2 rings (SSSR count). The van der Waals surface area contributed by atoms with Crippen LogP contribution in [0.2, 0.25) is 44.4 Å². The van der Waals surface area contributed by atoms with Gasteiger partial charge in [-0.2, -0.15) is 0 Å². The Morgan fingerprint density at radius 1 is 0.875 bits per heavy atom. The zero-order valence-electron chi connectivity index (χ0n) is 16.6. The van der Waals surface area contributed by atoms with Gasteiger partial charge in [-0.05, 0) is 29.6 Å². The molecular formula is C22H34Si2. The number of rotatable bonds is 5. The van der Waals surface area contributed by atoms with E-state index in [1.54, 1.807) is 5.57 Å². The Morgan fingerprint density at radius 3 is 1.92 bits per heavy atom. The minimum atomic E-state index is -1.31. The largest absolute Gasteiger partial charge is 0.0801 e. The van der Waals surface area contributed by atoms with Crippen LogP contribution in [0, 0.1) is 0 Å². The van der Waals surface area contributed by atoms with Crippen molar-refractivity contribution in [1.29, 1.82) is 0 Å². The maximum Gasteiger partial charge on any atom is 0.0456 e. The van der Waals surface area contributed by atoms with Gasteiger partial charge < -0.3 is 0 Å². The predicted molar refractivity (Wildman–Crippen MR) is 115 cm³/mol. The summed E-state index contributed by atoms with van der Waals surface area (Å²) in [5.41, 5.74) is 4.63. The topological polar surface area (TPSA) is 0 Å². The van der Waals surface area contributed by atoms with Crippen molar-refractivity contribution in [3.63, 3.8) is 0 Å². The highest BCUT2D eigenvalue weighted by Crippen LogP contribution is 2.48. The molecule has 130 valence electrons. The van der Waals surface area contributed by atoms with Crippen LogP contribution in [-0.4, -0.2) is 16.1 Å². The Balaban J connectivity index is 2.63. The standard InChI is InChI=1S/C22H34Si2/c1-18(19-14-10-8-11-15-19)21(20-16-12-9-13-17-20)22(23(2,3)4)24(5,6)7/h8-14,16-17,21-22H,15H2,1-7H3/b19-18+. The van der Waals surface area contributed by atoms with Crippen LogP contribution in [0.25, 0.3) is 0 Å². The molecule has 0 nitrogen and oxygen atoms in total. The zero-order valence-corrected chi connectivity index (χ0v) is 18.6. The molecule has 0 N–H and O–H groups in total. The highest BCUT2D eigenvalue weighted by Gasteiger charge is 2.44. The molecule has 1 unspecified atom stereocenters. The fourth-order valence-corrected chi connectivity index (χ4v) is 17.9. The van der Waals surface area contributed by atoms with Gasteiger partial charge in [0, 0.05) is 22.1 Å². The quantitative estimate of drug-likeness (QED) is 0.491. The summed E-state index contributed by atoms with van der Waals surface area (Å²) in [5.74, 6) is 0.565. The summed E-state index contributed by atoms with van der Waals surface area (Å²) in [6.45, 7) is 17.8. The molecule has 0 fully saturated rings. The molecule has 0 aliphatic heterocycles. The van der Waals surface area contributed by atoms with E-state index >= 15 is 0 Å². The van der Waals surface area contributed by atoms with Crippen molar-refractivity contribution >= 4 is 16.1 Å². The predicted octanol–water partition coefficient (Wildman–Crippen LogP) is 7.19. The first kappa shape index (κ1) is 19.2. The second-order valence-corrected chi connectivity index (χ2v) is 20.6. The molecule has 1 aromatic carbocycles. The Kier molecular flexibility index (Phi) is 5.93. The molecule has 1 aromatic rings. The van der Waals surface area contributed by atoms with E-state index in [1.807, 2.05) is 0 Å². The van der Waals surface area contributed by atoms with Gasteiger partial charge in [0.25, 0.3) is 0 Å². The van der Waals surface area contributed by atoms with Crippen LogP contribution in [-0.2, 0) is 0 Å². The van der Waals surface area contributed by atoms with Gasteiger partial charge in [-0.15, -0.1) is 0 Å². The maximum atomic E-state index is 2.57. The third-order valence-corrected chi connectivity index (χ3v) is 14.8. The Labute approximate surface area is 151 Å². The van der Waals surface area contributed by atoms with Crippen LogP contribution in [0.4, 0.5) is 0 Å². The van der Waals surface area contributed by atoms with E-state index in [-0.39, 0.29) is 0 Å². The minimum absolute atomic E-state index is 0.565. The summed E-state index contributed by atoms with van der Waals surface area (Å²) in [5, 5.41) is 0.833. The third kappa shape index (κ3) is 4.49. The van der Waals surface area contributed by atoms with E-state index in [9.17, 15) is 0 Å². The number of hydrogen-bond acceptors (Lipinski definition) is 0. The lowest BCUT2D eigenvalue weighted by Gasteiger charge is -2.45. The van der Waals surface area contributed by atoms with E-state index in [2.05, 4.69) is 101 Å². The lowest BCUT2D eigenvalue weighted by molar-refractivity contribution is 0.794. The first-order valence-electron chi connectivity index (χ1n) is 9.20. The molecule has 0 bridgehead atoms. The smallest absolute Gasteiger partial charge is 0.0456 e. The number of hydrogen-bond donors (Lipinski definition) is 0. The summed E-state index contributed by atoms with van der Waals surface area (Å²) < 4.78 is 0.